The van der Waals surface area contributed by atoms with Gasteiger partial charge in [-0.25, -0.2) is 0 Å². The zero-order valence-electron chi connectivity index (χ0n) is 25.8. The lowest BCUT2D eigenvalue weighted by Gasteiger charge is -2.36. The Morgan fingerprint density at radius 1 is 1.02 bits per heavy atom. The number of furan rings is 1. The Hall–Kier alpha value is -4.02. The molecule has 1 aliphatic carbocycles. The van der Waals surface area contributed by atoms with Crippen LogP contribution in [0.4, 0.5) is 17.1 Å². The Bertz CT molecular complexity index is 1530. The van der Waals surface area contributed by atoms with E-state index in [1.54, 1.807) is 25.3 Å². The van der Waals surface area contributed by atoms with Crippen molar-refractivity contribution >= 4 is 35.0 Å². The predicted molar refractivity (Wildman–Crippen MR) is 172 cm³/mol. The van der Waals surface area contributed by atoms with Crippen LogP contribution >= 0.6 is 0 Å². The van der Waals surface area contributed by atoms with Crippen molar-refractivity contribution in [3.05, 3.63) is 95.0 Å². The zero-order valence-corrected chi connectivity index (χ0v) is 25.8. The highest BCUT2D eigenvalue weighted by atomic mass is 16.5. The lowest BCUT2D eigenvalue weighted by Crippen LogP contribution is -2.39. The highest BCUT2D eigenvalue weighted by Crippen LogP contribution is 2.47. The molecule has 1 aromatic heterocycles. The van der Waals surface area contributed by atoms with Crippen LogP contribution in [0.2, 0.25) is 0 Å². The van der Waals surface area contributed by atoms with Crippen LogP contribution in [-0.2, 0) is 20.9 Å². The lowest BCUT2D eigenvalue weighted by molar-refractivity contribution is -0.123. The molecule has 1 saturated heterocycles. The molecule has 238 valence electrons. The maximum Gasteiger partial charge on any atom is 0.238 e. The van der Waals surface area contributed by atoms with Crippen LogP contribution in [0.1, 0.15) is 50.5 Å². The van der Waals surface area contributed by atoms with E-state index in [1.807, 2.05) is 54.6 Å². The predicted octanol–water partition coefficient (Wildman–Crippen LogP) is 5.60. The van der Waals surface area contributed by atoms with Gasteiger partial charge in [0.05, 0.1) is 36.8 Å². The van der Waals surface area contributed by atoms with E-state index in [0.717, 1.165) is 35.4 Å². The molecule has 2 amide bonds. The molecule has 0 spiro atoms. The van der Waals surface area contributed by atoms with Gasteiger partial charge >= 0.3 is 0 Å². The topological polar surface area (TPSA) is 132 Å². The molecule has 2 aliphatic rings. The van der Waals surface area contributed by atoms with Crippen molar-refractivity contribution in [2.24, 2.45) is 17.8 Å². The van der Waals surface area contributed by atoms with Gasteiger partial charge in [-0.05, 0) is 91.4 Å². The monoisotopic (exact) mass is 614 g/mol. The Kier molecular flexibility index (Phi) is 10.7. The molecule has 3 aromatic rings. The van der Waals surface area contributed by atoms with E-state index in [1.165, 1.54) is 4.90 Å². The van der Waals surface area contributed by atoms with Gasteiger partial charge in [-0.2, -0.15) is 0 Å². The fraction of sp³-hybridized carbons (Fsp3) is 0.389. The number of aliphatic hydroxyl groups excluding tert-OH is 3. The minimum Gasteiger partial charge on any atom is -0.459 e. The average Bonchev–Trinajstić information content (AvgIpc) is 3.61. The largest absolute Gasteiger partial charge is 0.459 e. The smallest absolute Gasteiger partial charge is 0.238 e. The molecule has 9 nitrogen and oxygen atoms in total. The first-order valence-electron chi connectivity index (χ1n) is 15.6. The third kappa shape index (κ3) is 7.12. The maximum atomic E-state index is 13.9. The first-order chi connectivity index (χ1) is 21.9. The number of methoxy groups -OCH3 is 1. The second-order valence-electron chi connectivity index (χ2n) is 11.7. The first-order valence-corrected chi connectivity index (χ1v) is 15.6. The van der Waals surface area contributed by atoms with Crippen molar-refractivity contribution < 1.29 is 34.1 Å². The van der Waals surface area contributed by atoms with Gasteiger partial charge in [-0.3, -0.25) is 14.5 Å². The molecule has 2 heterocycles. The Balaban J connectivity index is 1.35. The van der Waals surface area contributed by atoms with E-state index in [-0.39, 0.29) is 38.1 Å². The Labute approximate surface area is 263 Å². The summed E-state index contributed by atoms with van der Waals surface area (Å²) in [6.07, 6.45) is 3.95. The molecule has 2 aromatic carbocycles. The highest BCUT2D eigenvalue weighted by Gasteiger charge is 2.55. The third-order valence-corrected chi connectivity index (χ3v) is 8.74. The highest BCUT2D eigenvalue weighted by molar-refractivity contribution is 6.22. The van der Waals surface area contributed by atoms with Crippen molar-refractivity contribution in [3.8, 4) is 0 Å². The standard InChI is InChI=1S/C36H42N2O7/c1-3-7-23(18-28-15-16-29(20-39)45-28)10-17-32(41)33-24(22-44-2)19-30-34(31(33)21-40)36(43)38(35(30)42)27-13-11-26(12-14-27)37-25-8-5-4-6-9-25/h4-6,8-9,11-16,18,30-32,34,37,39-41H,3,7,10,17,19-22H2,1-2H3/b23-18+/t30-,31+,32-,34-/m1/s1. The number of hydrogen-bond acceptors (Lipinski definition) is 8. The number of anilines is 3. The molecule has 1 aliphatic heterocycles. The number of nitrogens with one attached hydrogen (secondary N) is 1. The molecule has 45 heavy (non-hydrogen) atoms. The van der Waals surface area contributed by atoms with Crippen molar-refractivity contribution in [1.82, 2.24) is 0 Å². The number of fused-ring (bicyclic) bond motifs is 1. The summed E-state index contributed by atoms with van der Waals surface area (Å²) >= 11 is 0. The van der Waals surface area contributed by atoms with Gasteiger partial charge in [0.25, 0.3) is 0 Å². The van der Waals surface area contributed by atoms with Gasteiger partial charge in [0.15, 0.2) is 0 Å². The van der Waals surface area contributed by atoms with Crippen molar-refractivity contribution in [2.45, 2.75) is 51.7 Å². The van der Waals surface area contributed by atoms with Crippen molar-refractivity contribution in [2.75, 3.05) is 30.5 Å². The number of benzene rings is 2. The minimum atomic E-state index is -0.932. The van der Waals surface area contributed by atoms with Crippen LogP contribution in [0, 0.1) is 17.8 Å². The van der Waals surface area contributed by atoms with Gasteiger partial charge < -0.3 is 29.8 Å². The number of allylic oxidation sites excluding steroid dienone is 1. The van der Waals surface area contributed by atoms with E-state index >= 15 is 0 Å². The number of para-hydroxylation sites is 1. The molecule has 0 unspecified atom stereocenters. The second-order valence-corrected chi connectivity index (χ2v) is 11.7. The average molecular weight is 615 g/mol. The second kappa shape index (κ2) is 14.8. The molecule has 1 fully saturated rings. The van der Waals surface area contributed by atoms with Crippen LogP contribution < -0.4 is 10.2 Å². The maximum absolute atomic E-state index is 13.9. The number of aliphatic hydroxyl groups is 3. The van der Waals surface area contributed by atoms with Crippen LogP contribution in [0.15, 0.2) is 87.9 Å². The Morgan fingerprint density at radius 2 is 1.76 bits per heavy atom. The molecule has 0 saturated carbocycles. The normalized spacial score (nSPS) is 21.0. The van der Waals surface area contributed by atoms with Crippen LogP contribution in [-0.4, -0.2) is 53.6 Å². The number of amides is 2. The summed E-state index contributed by atoms with van der Waals surface area (Å²) < 4.78 is 11.1. The number of rotatable bonds is 14. The first kappa shape index (κ1) is 32.4. The van der Waals surface area contributed by atoms with Gasteiger partial charge in [0.2, 0.25) is 11.8 Å². The van der Waals surface area contributed by atoms with Crippen LogP contribution in [0.5, 0.6) is 0 Å². The van der Waals surface area contributed by atoms with Crippen LogP contribution in [0.25, 0.3) is 6.08 Å². The van der Waals surface area contributed by atoms with E-state index in [9.17, 15) is 24.9 Å². The van der Waals surface area contributed by atoms with E-state index in [0.29, 0.717) is 35.6 Å². The SMILES string of the molecule is CCC/C(=C\c1ccc(CO)o1)CC[C@@H](O)C1=C(COC)C[C@H]2C(=O)N(c3ccc(Nc4ccccc4)cc3)C(=O)[C@H]2[C@H]1CO. The number of hydrogen-bond donors (Lipinski definition) is 4. The van der Waals surface area contributed by atoms with Gasteiger partial charge in [-0.15, -0.1) is 0 Å². The fourth-order valence-corrected chi connectivity index (χ4v) is 6.73. The number of imide groups is 1. The van der Waals surface area contributed by atoms with E-state index in [2.05, 4.69) is 12.2 Å². The molecule has 0 bridgehead atoms. The number of ether oxygens (including phenoxy) is 1. The van der Waals surface area contributed by atoms with Gasteiger partial charge in [0, 0.05) is 24.4 Å². The molecule has 5 rings (SSSR count). The lowest BCUT2D eigenvalue weighted by atomic mass is 9.68. The summed E-state index contributed by atoms with van der Waals surface area (Å²) in [5.41, 5.74) is 4.66. The van der Waals surface area contributed by atoms with Crippen molar-refractivity contribution in [3.63, 3.8) is 0 Å². The van der Waals surface area contributed by atoms with E-state index < -0.39 is 23.9 Å². The van der Waals surface area contributed by atoms with Gasteiger partial charge in [-0.1, -0.05) is 37.1 Å². The summed E-state index contributed by atoms with van der Waals surface area (Å²) in [6, 6.07) is 20.4. The quantitative estimate of drug-likeness (QED) is 0.136. The number of carbonyl (C=O) groups is 2. The number of nitrogens with zero attached hydrogens (tertiary/aromatic N) is 1. The minimum absolute atomic E-state index is 0.174. The van der Waals surface area contributed by atoms with Crippen LogP contribution in [0.3, 0.4) is 0 Å². The summed E-state index contributed by atoms with van der Waals surface area (Å²) in [6.45, 7) is 1.73. The summed E-state index contributed by atoms with van der Waals surface area (Å²) in [5, 5.41) is 34.9. The molecular formula is C36H42N2O7. The summed E-state index contributed by atoms with van der Waals surface area (Å²) in [7, 11) is 1.56. The molecule has 9 heteroatoms. The molecule has 4 N–H and O–H groups in total. The summed E-state index contributed by atoms with van der Waals surface area (Å²) in [5.74, 6) is -1.67. The third-order valence-electron chi connectivity index (χ3n) is 8.74. The zero-order chi connectivity index (χ0) is 31.9. The number of carbonyl (C=O) groups excluding carboxylic acids is 2. The van der Waals surface area contributed by atoms with E-state index in [4.69, 9.17) is 9.15 Å². The van der Waals surface area contributed by atoms with Gasteiger partial charge in [0.1, 0.15) is 18.1 Å². The van der Waals surface area contributed by atoms with Crippen molar-refractivity contribution in [1.29, 1.82) is 0 Å². The summed E-state index contributed by atoms with van der Waals surface area (Å²) in [4.78, 5) is 28.9. The fourth-order valence-electron chi connectivity index (χ4n) is 6.73. The Morgan fingerprint density at radius 3 is 2.40 bits per heavy atom. The molecular weight excluding hydrogens is 572 g/mol. The molecule has 0 radical (unpaired) electrons. The molecule has 4 atom stereocenters.